The van der Waals surface area contributed by atoms with E-state index in [1.807, 2.05) is 24.6 Å². The van der Waals surface area contributed by atoms with Crippen LogP contribution in [0.5, 0.6) is 0 Å². The van der Waals surface area contributed by atoms with E-state index in [1.54, 1.807) is 0 Å². The molecule has 0 radical (unpaired) electrons. The minimum Gasteiger partial charge on any atom is -0.373 e. The molecule has 6 nitrogen and oxygen atoms in total. The van der Waals surface area contributed by atoms with Gasteiger partial charge in [-0.25, -0.2) is 14.4 Å². The first-order valence-electron chi connectivity index (χ1n) is 10.7. The average Bonchev–Trinajstić information content (AvgIpc) is 3.41. The second-order valence-corrected chi connectivity index (χ2v) is 8.59. The predicted molar refractivity (Wildman–Crippen MR) is 106 cm³/mol. The number of hydrogen-bond acceptors (Lipinski definition) is 5. The minimum absolute atomic E-state index is 0.109. The van der Waals surface area contributed by atoms with Crippen molar-refractivity contribution in [2.75, 3.05) is 26.4 Å². The molecule has 2 aliphatic rings. The lowest BCUT2D eigenvalue weighted by atomic mass is 10.0. The number of hydrogen-bond donors (Lipinski definition) is 0. The molecular formula is C21H27F4N5O. The molecule has 0 amide bonds. The molecule has 1 saturated heterocycles. The summed E-state index contributed by atoms with van der Waals surface area (Å²) >= 11 is 0. The lowest BCUT2D eigenvalue weighted by Crippen LogP contribution is -2.47. The highest BCUT2D eigenvalue weighted by Gasteiger charge is 2.36. The van der Waals surface area contributed by atoms with Crippen LogP contribution in [0.25, 0.3) is 11.3 Å². The van der Waals surface area contributed by atoms with E-state index in [1.165, 1.54) is 12.4 Å². The fraction of sp³-hybridized carbons (Fsp3) is 0.667. The van der Waals surface area contributed by atoms with Gasteiger partial charge in [0.15, 0.2) is 0 Å². The summed E-state index contributed by atoms with van der Waals surface area (Å²) in [5, 5.41) is 4.65. The summed E-state index contributed by atoms with van der Waals surface area (Å²) in [4.78, 5) is 9.25. The molecule has 0 unspecified atom stereocenters. The summed E-state index contributed by atoms with van der Waals surface area (Å²) in [5.74, 6) is -0.869. The SMILES string of the molecule is CC(C)n1nc(-c2cnc(C(F)(F)F)nc2)cc1[C@H]1CC[C@@H](N2CCO[C@H](CF)C2)C1. The fourth-order valence-corrected chi connectivity index (χ4v) is 4.60. The molecule has 0 bridgehead atoms. The molecule has 10 heteroatoms. The van der Waals surface area contributed by atoms with E-state index in [-0.39, 0.29) is 18.1 Å². The third kappa shape index (κ3) is 4.74. The highest BCUT2D eigenvalue weighted by molar-refractivity contribution is 5.57. The van der Waals surface area contributed by atoms with Crippen LogP contribution in [0.15, 0.2) is 18.5 Å². The van der Waals surface area contributed by atoms with Gasteiger partial charge >= 0.3 is 6.18 Å². The highest BCUT2D eigenvalue weighted by Crippen LogP contribution is 2.39. The van der Waals surface area contributed by atoms with Gasteiger partial charge in [0.1, 0.15) is 6.67 Å². The van der Waals surface area contributed by atoms with E-state index >= 15 is 0 Å². The molecule has 4 rings (SSSR count). The van der Waals surface area contributed by atoms with E-state index in [0.29, 0.717) is 30.5 Å². The van der Waals surface area contributed by atoms with Crippen molar-refractivity contribution in [3.8, 4) is 11.3 Å². The van der Waals surface area contributed by atoms with Crippen LogP contribution in [0.3, 0.4) is 0 Å². The van der Waals surface area contributed by atoms with E-state index in [9.17, 15) is 17.6 Å². The van der Waals surface area contributed by atoms with E-state index < -0.39 is 18.7 Å². The van der Waals surface area contributed by atoms with Crippen molar-refractivity contribution in [3.63, 3.8) is 0 Å². The van der Waals surface area contributed by atoms with Gasteiger partial charge in [-0.15, -0.1) is 0 Å². The Morgan fingerprint density at radius 3 is 2.58 bits per heavy atom. The molecule has 1 saturated carbocycles. The summed E-state index contributed by atoms with van der Waals surface area (Å²) in [7, 11) is 0. The molecule has 2 aromatic heterocycles. The Morgan fingerprint density at radius 1 is 1.19 bits per heavy atom. The average molecular weight is 441 g/mol. The van der Waals surface area contributed by atoms with Crippen LogP contribution in [0.1, 0.15) is 56.6 Å². The van der Waals surface area contributed by atoms with Gasteiger partial charge in [-0.1, -0.05) is 0 Å². The topological polar surface area (TPSA) is 56.1 Å². The fourth-order valence-electron chi connectivity index (χ4n) is 4.60. The molecule has 2 aromatic rings. The van der Waals surface area contributed by atoms with Crippen molar-refractivity contribution in [3.05, 3.63) is 30.0 Å². The van der Waals surface area contributed by atoms with Crippen molar-refractivity contribution in [1.82, 2.24) is 24.6 Å². The smallest absolute Gasteiger partial charge is 0.373 e. The summed E-state index contributed by atoms with van der Waals surface area (Å²) < 4.78 is 58.7. The Bertz CT molecular complexity index is 883. The third-order valence-corrected chi connectivity index (χ3v) is 6.14. The van der Waals surface area contributed by atoms with Crippen LogP contribution < -0.4 is 0 Å². The predicted octanol–water partition coefficient (Wildman–Crippen LogP) is 4.25. The molecule has 170 valence electrons. The van der Waals surface area contributed by atoms with Crippen molar-refractivity contribution in [1.29, 1.82) is 0 Å². The summed E-state index contributed by atoms with van der Waals surface area (Å²) in [6.07, 6.45) is 0.389. The number of nitrogens with zero attached hydrogens (tertiary/aromatic N) is 5. The van der Waals surface area contributed by atoms with Crippen molar-refractivity contribution in [2.24, 2.45) is 0 Å². The molecule has 0 spiro atoms. The Balaban J connectivity index is 1.53. The van der Waals surface area contributed by atoms with Crippen LogP contribution >= 0.6 is 0 Å². The Morgan fingerprint density at radius 2 is 1.94 bits per heavy atom. The Hall–Kier alpha value is -2.07. The normalized spacial score (nSPS) is 25.5. The van der Waals surface area contributed by atoms with E-state index in [4.69, 9.17) is 4.74 Å². The van der Waals surface area contributed by atoms with Crippen molar-refractivity contribution < 1.29 is 22.3 Å². The molecule has 3 heterocycles. The first-order chi connectivity index (χ1) is 14.8. The van der Waals surface area contributed by atoms with Gasteiger partial charge in [-0.05, 0) is 39.2 Å². The number of rotatable bonds is 5. The van der Waals surface area contributed by atoms with Crippen LogP contribution in [-0.4, -0.2) is 63.2 Å². The largest absolute Gasteiger partial charge is 0.451 e. The van der Waals surface area contributed by atoms with Crippen LogP contribution in [0.2, 0.25) is 0 Å². The maximum absolute atomic E-state index is 13.0. The lowest BCUT2D eigenvalue weighted by Gasteiger charge is -2.36. The van der Waals surface area contributed by atoms with Gasteiger partial charge in [0.25, 0.3) is 0 Å². The standard InChI is InChI=1S/C21H27F4N5O/c1-13(2)30-19(8-18(28-30)15-10-26-20(27-11-15)21(23,24)25)14-3-4-16(7-14)29-5-6-31-17(9-22)12-29/h8,10-11,13-14,16-17H,3-7,9,12H2,1-2H3/t14-,16+,17+/m0/s1. The van der Waals surface area contributed by atoms with Gasteiger partial charge in [-0.2, -0.15) is 18.3 Å². The molecule has 2 fully saturated rings. The first kappa shape index (κ1) is 22.1. The monoisotopic (exact) mass is 441 g/mol. The minimum atomic E-state index is -4.57. The van der Waals surface area contributed by atoms with Gasteiger partial charge in [0.2, 0.25) is 5.82 Å². The van der Waals surface area contributed by atoms with E-state index in [0.717, 1.165) is 31.5 Å². The number of halogens is 4. The second-order valence-electron chi connectivity index (χ2n) is 8.59. The Kier molecular flexibility index (Phi) is 6.30. The van der Waals surface area contributed by atoms with Gasteiger partial charge in [-0.3, -0.25) is 9.58 Å². The maximum Gasteiger partial charge on any atom is 0.451 e. The van der Waals surface area contributed by atoms with Crippen molar-refractivity contribution >= 4 is 0 Å². The molecule has 0 aromatic carbocycles. The molecule has 3 atom stereocenters. The molecule has 1 aliphatic carbocycles. The Labute approximate surface area is 178 Å². The zero-order valence-corrected chi connectivity index (χ0v) is 17.6. The summed E-state index contributed by atoms with van der Waals surface area (Å²) in [5.41, 5.74) is 2.11. The molecular weight excluding hydrogens is 414 g/mol. The van der Waals surface area contributed by atoms with Crippen LogP contribution in [0, 0.1) is 0 Å². The maximum atomic E-state index is 13.0. The third-order valence-electron chi connectivity index (χ3n) is 6.14. The summed E-state index contributed by atoms with van der Waals surface area (Å²) in [6, 6.07) is 2.43. The van der Waals surface area contributed by atoms with Gasteiger partial charge in [0, 0.05) is 54.7 Å². The zero-order chi connectivity index (χ0) is 22.2. The second kappa shape index (κ2) is 8.82. The summed E-state index contributed by atoms with van der Waals surface area (Å²) in [6.45, 7) is 5.58. The van der Waals surface area contributed by atoms with E-state index in [2.05, 4.69) is 20.0 Å². The number of morpholine rings is 1. The lowest BCUT2D eigenvalue weighted by molar-refractivity contribution is -0.144. The molecule has 0 N–H and O–H groups in total. The number of aromatic nitrogens is 4. The van der Waals surface area contributed by atoms with Crippen LogP contribution in [-0.2, 0) is 10.9 Å². The first-order valence-corrected chi connectivity index (χ1v) is 10.7. The number of alkyl halides is 4. The molecule has 31 heavy (non-hydrogen) atoms. The quantitative estimate of drug-likeness (QED) is 0.650. The van der Waals surface area contributed by atoms with Crippen molar-refractivity contribution in [2.45, 2.75) is 63.4 Å². The zero-order valence-electron chi connectivity index (χ0n) is 17.6. The van der Waals surface area contributed by atoms with Crippen LogP contribution in [0.4, 0.5) is 17.6 Å². The number of ether oxygens (including phenoxy) is 1. The highest BCUT2D eigenvalue weighted by atomic mass is 19.4. The van der Waals surface area contributed by atoms with Gasteiger partial charge < -0.3 is 4.74 Å². The molecule has 1 aliphatic heterocycles. The van der Waals surface area contributed by atoms with Gasteiger partial charge in [0.05, 0.1) is 18.4 Å².